The summed E-state index contributed by atoms with van der Waals surface area (Å²) in [5, 5.41) is 5.77. The zero-order valence-corrected chi connectivity index (χ0v) is 19.5. The second kappa shape index (κ2) is 10.5. The van der Waals surface area contributed by atoms with Gasteiger partial charge in [0.2, 0.25) is 0 Å². The minimum Gasteiger partial charge on any atom is -0.338 e. The molecule has 1 saturated heterocycles. The van der Waals surface area contributed by atoms with Crippen LogP contribution < -0.4 is 10.6 Å². The Kier molecular flexibility index (Phi) is 7.27. The van der Waals surface area contributed by atoms with Crippen LogP contribution in [0.25, 0.3) is 0 Å². The summed E-state index contributed by atoms with van der Waals surface area (Å²) in [7, 11) is -3.44. The molecule has 0 radical (unpaired) electrons. The topological polar surface area (TPSA) is 95.6 Å². The second-order valence-corrected chi connectivity index (χ2v) is 10.3. The third-order valence-corrected chi connectivity index (χ3v) is 7.51. The number of hydrogen-bond acceptors (Lipinski definition) is 4. The van der Waals surface area contributed by atoms with Gasteiger partial charge in [0, 0.05) is 30.4 Å². The molecule has 0 bridgehead atoms. The summed E-state index contributed by atoms with van der Waals surface area (Å²) in [6.45, 7) is 1.08. The van der Waals surface area contributed by atoms with E-state index in [0.29, 0.717) is 37.1 Å². The summed E-state index contributed by atoms with van der Waals surface area (Å²) >= 11 is 0. The van der Waals surface area contributed by atoms with E-state index in [1.807, 2.05) is 30.3 Å². The van der Waals surface area contributed by atoms with E-state index in [1.165, 1.54) is 0 Å². The van der Waals surface area contributed by atoms with E-state index in [1.54, 1.807) is 59.5 Å². The van der Waals surface area contributed by atoms with Crippen molar-refractivity contribution in [3.63, 3.8) is 0 Å². The molecule has 176 valence electrons. The molecular weight excluding hydrogens is 450 g/mol. The van der Waals surface area contributed by atoms with Gasteiger partial charge in [-0.3, -0.25) is 4.79 Å². The maximum absolute atomic E-state index is 12.9. The molecule has 1 heterocycles. The van der Waals surface area contributed by atoms with Crippen LogP contribution in [0, 0.1) is 0 Å². The predicted octanol–water partition coefficient (Wildman–Crippen LogP) is 4.09. The van der Waals surface area contributed by atoms with E-state index in [2.05, 4.69) is 10.6 Å². The standard InChI is InChI=1S/C26H27N3O4S/c30-25(21-13-11-20(12-14-21)19-34(32,33)24-9-5-2-6-10-24)29-17-15-23(16-18-29)28-26(31)27-22-7-3-1-4-8-22/h1-14,23H,15-19H2,(H2,27,28,31). The van der Waals surface area contributed by atoms with Crippen molar-refractivity contribution in [3.05, 3.63) is 96.1 Å². The molecule has 0 unspecified atom stereocenters. The Morgan fingerprint density at radius 3 is 2.03 bits per heavy atom. The molecule has 8 heteroatoms. The average Bonchev–Trinajstić information content (AvgIpc) is 2.85. The Bertz CT molecular complexity index is 1220. The summed E-state index contributed by atoms with van der Waals surface area (Å²) in [5.41, 5.74) is 1.88. The van der Waals surface area contributed by atoms with Gasteiger partial charge >= 0.3 is 6.03 Å². The summed E-state index contributed by atoms with van der Waals surface area (Å²) in [6, 6.07) is 24.1. The molecule has 1 aliphatic heterocycles. The van der Waals surface area contributed by atoms with Crippen LogP contribution in [-0.2, 0) is 15.6 Å². The van der Waals surface area contributed by atoms with Crippen molar-refractivity contribution >= 4 is 27.5 Å². The first-order valence-corrected chi connectivity index (χ1v) is 12.8. The molecule has 0 aliphatic carbocycles. The molecule has 3 aromatic carbocycles. The summed E-state index contributed by atoms with van der Waals surface area (Å²) in [4.78, 5) is 27.1. The number of nitrogens with one attached hydrogen (secondary N) is 2. The minimum atomic E-state index is -3.44. The predicted molar refractivity (Wildman–Crippen MR) is 131 cm³/mol. The van der Waals surface area contributed by atoms with E-state index >= 15 is 0 Å². The Morgan fingerprint density at radius 2 is 1.41 bits per heavy atom. The zero-order chi connectivity index (χ0) is 24.0. The molecule has 0 saturated carbocycles. The van der Waals surface area contributed by atoms with E-state index in [0.717, 1.165) is 5.69 Å². The van der Waals surface area contributed by atoms with Gasteiger partial charge in [-0.1, -0.05) is 48.5 Å². The van der Waals surface area contributed by atoms with Crippen LogP contribution in [0.3, 0.4) is 0 Å². The molecule has 0 aromatic heterocycles. The van der Waals surface area contributed by atoms with Crippen LogP contribution in [0.4, 0.5) is 10.5 Å². The van der Waals surface area contributed by atoms with Crippen molar-refractivity contribution in [1.29, 1.82) is 0 Å². The molecule has 7 nitrogen and oxygen atoms in total. The SMILES string of the molecule is O=C(Nc1ccccc1)NC1CCN(C(=O)c2ccc(CS(=O)(=O)c3ccccc3)cc2)CC1. The normalized spacial score (nSPS) is 14.4. The van der Waals surface area contributed by atoms with Crippen molar-refractivity contribution in [1.82, 2.24) is 10.2 Å². The molecule has 3 amide bonds. The van der Waals surface area contributed by atoms with Crippen molar-refractivity contribution in [2.75, 3.05) is 18.4 Å². The Balaban J connectivity index is 1.28. The molecule has 0 spiro atoms. The average molecular weight is 478 g/mol. The fourth-order valence-corrected chi connectivity index (χ4v) is 5.33. The molecule has 3 aromatic rings. The number of sulfone groups is 1. The molecular formula is C26H27N3O4S. The molecule has 4 rings (SSSR count). The number of para-hydroxylation sites is 1. The number of carbonyl (C=O) groups is 2. The quantitative estimate of drug-likeness (QED) is 0.559. The van der Waals surface area contributed by atoms with Gasteiger partial charge in [-0.25, -0.2) is 13.2 Å². The summed E-state index contributed by atoms with van der Waals surface area (Å²) < 4.78 is 25.1. The first kappa shape index (κ1) is 23.5. The highest BCUT2D eigenvalue weighted by molar-refractivity contribution is 7.90. The van der Waals surface area contributed by atoms with E-state index < -0.39 is 9.84 Å². The number of urea groups is 1. The second-order valence-electron chi connectivity index (χ2n) is 8.30. The third kappa shape index (κ3) is 6.02. The van der Waals surface area contributed by atoms with Crippen molar-refractivity contribution < 1.29 is 18.0 Å². The zero-order valence-electron chi connectivity index (χ0n) is 18.7. The summed E-state index contributed by atoms with van der Waals surface area (Å²) in [5.74, 6) is -0.210. The lowest BCUT2D eigenvalue weighted by molar-refractivity contribution is 0.0709. The van der Waals surface area contributed by atoms with Crippen LogP contribution in [0.2, 0.25) is 0 Å². The number of anilines is 1. The number of benzene rings is 3. The van der Waals surface area contributed by atoms with Crippen LogP contribution in [0.15, 0.2) is 89.8 Å². The van der Waals surface area contributed by atoms with Crippen LogP contribution in [0.1, 0.15) is 28.8 Å². The fourth-order valence-electron chi connectivity index (χ4n) is 3.96. The smallest absolute Gasteiger partial charge is 0.319 e. The van der Waals surface area contributed by atoms with Crippen LogP contribution >= 0.6 is 0 Å². The lowest BCUT2D eigenvalue weighted by Crippen LogP contribution is -2.47. The van der Waals surface area contributed by atoms with Crippen LogP contribution in [0.5, 0.6) is 0 Å². The Labute approximate surface area is 199 Å². The van der Waals surface area contributed by atoms with Crippen molar-refractivity contribution in [2.24, 2.45) is 0 Å². The van der Waals surface area contributed by atoms with Gasteiger partial charge in [0.15, 0.2) is 9.84 Å². The van der Waals surface area contributed by atoms with E-state index in [4.69, 9.17) is 0 Å². The van der Waals surface area contributed by atoms with Gasteiger partial charge in [0.1, 0.15) is 0 Å². The number of hydrogen-bond donors (Lipinski definition) is 2. The van der Waals surface area contributed by atoms with Gasteiger partial charge < -0.3 is 15.5 Å². The third-order valence-electron chi connectivity index (χ3n) is 5.81. The van der Waals surface area contributed by atoms with E-state index in [-0.39, 0.29) is 28.6 Å². The lowest BCUT2D eigenvalue weighted by Gasteiger charge is -2.32. The monoisotopic (exact) mass is 477 g/mol. The molecule has 34 heavy (non-hydrogen) atoms. The van der Waals surface area contributed by atoms with Crippen molar-refractivity contribution in [3.8, 4) is 0 Å². The minimum absolute atomic E-state index is 0.00154. The number of nitrogens with zero attached hydrogens (tertiary/aromatic N) is 1. The van der Waals surface area contributed by atoms with Gasteiger partial charge in [-0.15, -0.1) is 0 Å². The van der Waals surface area contributed by atoms with Gasteiger partial charge in [0.05, 0.1) is 10.6 Å². The first-order chi connectivity index (χ1) is 16.4. The summed E-state index contributed by atoms with van der Waals surface area (Å²) in [6.07, 6.45) is 1.34. The highest BCUT2D eigenvalue weighted by Crippen LogP contribution is 2.19. The first-order valence-electron chi connectivity index (χ1n) is 11.2. The number of rotatable bonds is 6. The van der Waals surface area contributed by atoms with Gasteiger partial charge in [0.25, 0.3) is 5.91 Å². The molecule has 2 N–H and O–H groups in total. The molecule has 1 fully saturated rings. The maximum atomic E-state index is 12.9. The van der Waals surface area contributed by atoms with Gasteiger partial charge in [-0.2, -0.15) is 0 Å². The van der Waals surface area contributed by atoms with Gasteiger partial charge in [-0.05, 0) is 54.8 Å². The number of carbonyl (C=O) groups excluding carboxylic acids is 2. The van der Waals surface area contributed by atoms with Crippen molar-refractivity contribution in [2.45, 2.75) is 29.5 Å². The lowest BCUT2D eigenvalue weighted by atomic mass is 10.0. The highest BCUT2D eigenvalue weighted by Gasteiger charge is 2.25. The highest BCUT2D eigenvalue weighted by atomic mass is 32.2. The van der Waals surface area contributed by atoms with E-state index in [9.17, 15) is 18.0 Å². The largest absolute Gasteiger partial charge is 0.338 e. The number of amides is 3. The Morgan fingerprint density at radius 1 is 0.824 bits per heavy atom. The maximum Gasteiger partial charge on any atom is 0.319 e. The Hall–Kier alpha value is -3.65. The number of piperidine rings is 1. The molecule has 1 aliphatic rings. The molecule has 0 atom stereocenters. The fraction of sp³-hybridized carbons (Fsp3) is 0.231. The van der Waals surface area contributed by atoms with Crippen LogP contribution in [-0.4, -0.2) is 44.4 Å². The number of likely N-dealkylation sites (tertiary alicyclic amines) is 1.